The number of hydrogen-bond acceptors (Lipinski definition) is 4. The lowest BCUT2D eigenvalue weighted by Gasteiger charge is -2.21. The molecule has 0 spiro atoms. The molecular weight excluding hydrogens is 330 g/mol. The van der Waals surface area contributed by atoms with Crippen LogP contribution < -0.4 is 15.4 Å². The van der Waals surface area contributed by atoms with Crippen molar-refractivity contribution >= 4 is 17.9 Å². The van der Waals surface area contributed by atoms with Crippen molar-refractivity contribution in [3.8, 4) is 5.75 Å². The van der Waals surface area contributed by atoms with Crippen LogP contribution in [0.2, 0.25) is 0 Å². The molecule has 2 rings (SSSR count). The fraction of sp³-hybridized carbons (Fsp3) is 0.500. The Morgan fingerprint density at radius 1 is 1.23 bits per heavy atom. The Labute approximate surface area is 155 Å². The summed E-state index contributed by atoms with van der Waals surface area (Å²) in [6, 6.07) is 7.44. The molecule has 0 aromatic heterocycles. The van der Waals surface area contributed by atoms with Gasteiger partial charge in [-0.3, -0.25) is 14.5 Å². The molecule has 2 atom stereocenters. The average molecular weight is 359 g/mol. The normalized spacial score (nSPS) is 18.9. The highest BCUT2D eigenvalue weighted by Crippen LogP contribution is 2.13. The molecule has 2 unspecified atom stereocenters. The van der Waals surface area contributed by atoms with E-state index in [1.54, 1.807) is 20.1 Å². The van der Waals surface area contributed by atoms with Gasteiger partial charge >= 0.3 is 0 Å². The highest BCUT2D eigenvalue weighted by Gasteiger charge is 2.26. The summed E-state index contributed by atoms with van der Waals surface area (Å²) in [5, 5.41) is 5.73. The minimum atomic E-state index is -0.573. The molecule has 1 fully saturated rings. The molecule has 6 heteroatoms. The number of likely N-dealkylation sites (tertiary alicyclic amines) is 1. The van der Waals surface area contributed by atoms with Crippen molar-refractivity contribution < 1.29 is 14.3 Å². The second kappa shape index (κ2) is 9.38. The molecule has 1 aromatic rings. The van der Waals surface area contributed by atoms with Crippen molar-refractivity contribution in [1.82, 2.24) is 15.5 Å². The van der Waals surface area contributed by atoms with Crippen molar-refractivity contribution in [3.05, 3.63) is 35.9 Å². The number of methoxy groups -OCH3 is 1. The highest BCUT2D eigenvalue weighted by molar-refractivity contribution is 5.95. The largest absolute Gasteiger partial charge is 0.497 e. The zero-order valence-electron chi connectivity index (χ0n) is 16.0. The lowest BCUT2D eigenvalue weighted by Crippen LogP contribution is -2.48. The maximum absolute atomic E-state index is 12.3. The Balaban J connectivity index is 1.78. The fourth-order valence-corrected chi connectivity index (χ4v) is 2.91. The number of nitrogens with zero attached hydrogens (tertiary/aromatic N) is 1. The van der Waals surface area contributed by atoms with Gasteiger partial charge in [0.05, 0.1) is 7.11 Å². The van der Waals surface area contributed by atoms with Crippen molar-refractivity contribution in [2.24, 2.45) is 0 Å². The highest BCUT2D eigenvalue weighted by atomic mass is 16.5. The Hall–Kier alpha value is -2.34. The minimum Gasteiger partial charge on any atom is -0.497 e. The Morgan fingerprint density at radius 2 is 1.92 bits per heavy atom. The number of carbonyl (C=O) groups is 2. The van der Waals surface area contributed by atoms with Gasteiger partial charge < -0.3 is 15.4 Å². The number of ether oxygens (including phenoxy) is 1. The molecule has 0 aliphatic carbocycles. The van der Waals surface area contributed by atoms with E-state index in [9.17, 15) is 9.59 Å². The number of benzene rings is 1. The van der Waals surface area contributed by atoms with Gasteiger partial charge in [0.1, 0.15) is 11.8 Å². The van der Waals surface area contributed by atoms with E-state index in [0.717, 1.165) is 30.8 Å². The quantitative estimate of drug-likeness (QED) is 0.729. The van der Waals surface area contributed by atoms with Gasteiger partial charge in [0.2, 0.25) is 11.8 Å². The summed E-state index contributed by atoms with van der Waals surface area (Å²) >= 11 is 0. The van der Waals surface area contributed by atoms with E-state index in [4.69, 9.17) is 4.74 Å². The van der Waals surface area contributed by atoms with Crippen LogP contribution in [-0.4, -0.2) is 55.0 Å². The minimum absolute atomic E-state index is 0.146. The molecule has 2 N–H and O–H groups in total. The molecule has 0 bridgehead atoms. The van der Waals surface area contributed by atoms with Crippen LogP contribution in [0.1, 0.15) is 32.8 Å². The number of rotatable bonds is 7. The second-order valence-electron chi connectivity index (χ2n) is 6.92. The van der Waals surface area contributed by atoms with Crippen LogP contribution in [0.5, 0.6) is 5.75 Å². The summed E-state index contributed by atoms with van der Waals surface area (Å²) in [5.41, 5.74) is 0.887. The topological polar surface area (TPSA) is 70.7 Å². The lowest BCUT2D eigenvalue weighted by molar-refractivity contribution is -0.127. The Kier molecular flexibility index (Phi) is 7.21. The van der Waals surface area contributed by atoms with Crippen LogP contribution in [0.15, 0.2) is 30.3 Å². The summed E-state index contributed by atoms with van der Waals surface area (Å²) in [6.07, 6.45) is 4.08. The van der Waals surface area contributed by atoms with Gasteiger partial charge in [0, 0.05) is 31.2 Å². The lowest BCUT2D eigenvalue weighted by atomic mass is 10.2. The summed E-state index contributed by atoms with van der Waals surface area (Å²) in [6.45, 7) is 7.86. The fourth-order valence-electron chi connectivity index (χ4n) is 2.91. The molecule has 142 valence electrons. The zero-order valence-corrected chi connectivity index (χ0v) is 16.0. The van der Waals surface area contributed by atoms with Crippen LogP contribution in [0.25, 0.3) is 6.08 Å². The van der Waals surface area contributed by atoms with E-state index in [2.05, 4.69) is 29.4 Å². The summed E-state index contributed by atoms with van der Waals surface area (Å²) < 4.78 is 5.10. The number of amides is 2. The first kappa shape index (κ1) is 20.0. The smallest absolute Gasteiger partial charge is 0.244 e. The Bertz CT molecular complexity index is 640. The van der Waals surface area contributed by atoms with E-state index in [-0.39, 0.29) is 17.9 Å². The third-order valence-corrected chi connectivity index (χ3v) is 4.59. The maximum Gasteiger partial charge on any atom is 0.244 e. The van der Waals surface area contributed by atoms with Crippen LogP contribution in [0.3, 0.4) is 0 Å². The van der Waals surface area contributed by atoms with E-state index in [1.165, 1.54) is 6.08 Å². The van der Waals surface area contributed by atoms with E-state index < -0.39 is 6.04 Å². The third-order valence-electron chi connectivity index (χ3n) is 4.59. The van der Waals surface area contributed by atoms with Crippen LogP contribution in [0.4, 0.5) is 0 Å². The first-order chi connectivity index (χ1) is 12.4. The average Bonchev–Trinajstić information content (AvgIpc) is 3.09. The van der Waals surface area contributed by atoms with Gasteiger partial charge in [0.25, 0.3) is 0 Å². The SMILES string of the molecule is COc1ccc(/C=C/C(=O)NC(C)C(=O)NC2CCN(C(C)C)C2)cc1. The Morgan fingerprint density at radius 3 is 2.50 bits per heavy atom. The summed E-state index contributed by atoms with van der Waals surface area (Å²) in [7, 11) is 1.61. The van der Waals surface area contributed by atoms with Crippen molar-refractivity contribution in [2.45, 2.75) is 45.3 Å². The monoisotopic (exact) mass is 359 g/mol. The molecule has 0 saturated carbocycles. The zero-order chi connectivity index (χ0) is 19.1. The van der Waals surface area contributed by atoms with Crippen molar-refractivity contribution in [2.75, 3.05) is 20.2 Å². The van der Waals surface area contributed by atoms with E-state index in [0.29, 0.717) is 6.04 Å². The van der Waals surface area contributed by atoms with Gasteiger partial charge in [-0.1, -0.05) is 12.1 Å². The molecule has 0 radical (unpaired) electrons. The molecular formula is C20H29N3O3. The predicted molar refractivity (Wildman–Crippen MR) is 103 cm³/mol. The second-order valence-corrected chi connectivity index (χ2v) is 6.92. The predicted octanol–water partition coefficient (Wildman–Crippen LogP) is 1.81. The summed E-state index contributed by atoms with van der Waals surface area (Å²) in [5.74, 6) is 0.324. The third kappa shape index (κ3) is 5.88. The van der Waals surface area contributed by atoms with Gasteiger partial charge in [-0.25, -0.2) is 0 Å². The van der Waals surface area contributed by atoms with Gasteiger partial charge in [-0.15, -0.1) is 0 Å². The van der Waals surface area contributed by atoms with Crippen LogP contribution >= 0.6 is 0 Å². The van der Waals surface area contributed by atoms with Gasteiger partial charge in [-0.05, 0) is 51.0 Å². The molecule has 1 aliphatic heterocycles. The first-order valence-corrected chi connectivity index (χ1v) is 9.06. The van der Waals surface area contributed by atoms with Crippen molar-refractivity contribution in [3.63, 3.8) is 0 Å². The number of carbonyl (C=O) groups excluding carboxylic acids is 2. The molecule has 6 nitrogen and oxygen atoms in total. The van der Waals surface area contributed by atoms with Crippen LogP contribution in [0, 0.1) is 0 Å². The molecule has 2 amide bonds. The van der Waals surface area contributed by atoms with E-state index >= 15 is 0 Å². The van der Waals surface area contributed by atoms with Gasteiger partial charge in [0.15, 0.2) is 0 Å². The van der Waals surface area contributed by atoms with Gasteiger partial charge in [-0.2, -0.15) is 0 Å². The number of hydrogen-bond donors (Lipinski definition) is 2. The number of nitrogens with one attached hydrogen (secondary N) is 2. The van der Waals surface area contributed by atoms with E-state index in [1.807, 2.05) is 24.3 Å². The molecule has 1 aliphatic rings. The van der Waals surface area contributed by atoms with Crippen molar-refractivity contribution in [1.29, 1.82) is 0 Å². The standard InChI is InChI=1S/C20H29N3O3/c1-14(2)23-12-11-17(13-23)22-20(25)15(3)21-19(24)10-7-16-5-8-18(26-4)9-6-16/h5-10,14-15,17H,11-13H2,1-4H3,(H,21,24)(H,22,25)/b10-7+. The molecule has 1 saturated heterocycles. The molecule has 1 aromatic carbocycles. The maximum atomic E-state index is 12.3. The first-order valence-electron chi connectivity index (χ1n) is 9.06. The summed E-state index contributed by atoms with van der Waals surface area (Å²) in [4.78, 5) is 26.6. The van der Waals surface area contributed by atoms with Crippen LogP contribution in [-0.2, 0) is 9.59 Å². The molecule has 1 heterocycles. The molecule has 26 heavy (non-hydrogen) atoms.